The zero-order valence-corrected chi connectivity index (χ0v) is 12.6. The van der Waals surface area contributed by atoms with Gasteiger partial charge in [0.1, 0.15) is 18.3 Å². The van der Waals surface area contributed by atoms with E-state index in [1.165, 1.54) is 4.90 Å². The molecule has 0 fully saturated rings. The van der Waals surface area contributed by atoms with Crippen LogP contribution in [0.1, 0.15) is 11.7 Å². The maximum absolute atomic E-state index is 10.7. The van der Waals surface area contributed by atoms with Gasteiger partial charge in [-0.2, -0.15) is 0 Å². The van der Waals surface area contributed by atoms with Crippen LogP contribution in [-0.4, -0.2) is 38.1 Å². The second kappa shape index (κ2) is 7.04. The number of hydrogen-bond acceptors (Lipinski definition) is 5. The zero-order chi connectivity index (χ0) is 13.7. The van der Waals surface area contributed by atoms with Crippen LogP contribution in [-0.2, 0) is 14.0 Å². The smallest absolute Gasteiger partial charge is 0.196 e. The van der Waals surface area contributed by atoms with Crippen LogP contribution in [0.3, 0.4) is 0 Å². The van der Waals surface area contributed by atoms with Crippen LogP contribution in [0.15, 0.2) is 34.2 Å². The molecule has 102 valence electrons. The molecule has 0 unspecified atom stereocenters. The largest absolute Gasteiger partial charge is 0.470 e. The van der Waals surface area contributed by atoms with E-state index in [-0.39, 0.29) is 20.6 Å². The molecule has 1 aliphatic heterocycles. The number of rotatable bonds is 6. The molecule has 0 amide bonds. The Bertz CT molecular complexity index is 463. The first-order valence-electron chi connectivity index (χ1n) is 5.93. The van der Waals surface area contributed by atoms with Crippen molar-refractivity contribution in [3.05, 3.63) is 29.8 Å². The van der Waals surface area contributed by atoms with Crippen molar-refractivity contribution in [3.63, 3.8) is 0 Å². The van der Waals surface area contributed by atoms with E-state index >= 15 is 0 Å². The van der Waals surface area contributed by atoms with Crippen molar-refractivity contribution in [3.8, 4) is 0 Å². The van der Waals surface area contributed by atoms with Crippen molar-refractivity contribution in [2.75, 3.05) is 26.1 Å². The predicted molar refractivity (Wildman–Crippen MR) is 77.6 cm³/mol. The third-order valence-electron chi connectivity index (χ3n) is 2.90. The number of thioether (sulfide) groups is 1. The van der Waals surface area contributed by atoms with Crippen LogP contribution in [0.5, 0.6) is 0 Å². The Morgan fingerprint density at radius 2 is 2.16 bits per heavy atom. The fourth-order valence-electron chi connectivity index (χ4n) is 2.02. The summed E-state index contributed by atoms with van der Waals surface area (Å²) in [7, 11) is 1.67. The summed E-state index contributed by atoms with van der Waals surface area (Å²) < 4.78 is 21.6. The molecule has 1 aliphatic rings. The lowest BCUT2D eigenvalue weighted by atomic mass is 10.0. The Labute approximate surface area is 118 Å². The lowest BCUT2D eigenvalue weighted by Crippen LogP contribution is -2.19. The van der Waals surface area contributed by atoms with Crippen molar-refractivity contribution in [1.82, 2.24) is 0 Å². The molecule has 0 radical (unpaired) electrons. The highest BCUT2D eigenvalue weighted by molar-refractivity contribution is 7.98. The molecule has 6 heteroatoms. The fraction of sp³-hybridized carbons (Fsp3) is 0.462. The Hall–Kier alpha value is -0.900. The van der Waals surface area contributed by atoms with E-state index < -0.39 is 0 Å². The van der Waals surface area contributed by atoms with Gasteiger partial charge in [-0.05, 0) is 24.0 Å². The molecule has 0 aliphatic carbocycles. The SMILES string of the molecule is COC[C@@H]1N=C(CP=O)O[C@H]1c1ccc(SC)cc1. The highest BCUT2D eigenvalue weighted by atomic mass is 32.2. The second-order valence-corrected chi connectivity index (χ2v) is 5.60. The van der Waals surface area contributed by atoms with Gasteiger partial charge in [0.15, 0.2) is 14.4 Å². The molecule has 4 nitrogen and oxygen atoms in total. The minimum Gasteiger partial charge on any atom is -0.470 e. The van der Waals surface area contributed by atoms with Crippen molar-refractivity contribution < 1.29 is 14.0 Å². The maximum Gasteiger partial charge on any atom is 0.196 e. The summed E-state index contributed by atoms with van der Waals surface area (Å²) in [6.07, 6.45) is 2.22. The van der Waals surface area contributed by atoms with Gasteiger partial charge in [-0.15, -0.1) is 11.8 Å². The average Bonchev–Trinajstić information content (AvgIpc) is 2.83. The number of aliphatic imine (C=N–C) groups is 1. The first-order chi connectivity index (χ1) is 9.28. The van der Waals surface area contributed by atoms with Crippen molar-refractivity contribution in [2.24, 2.45) is 4.99 Å². The van der Waals surface area contributed by atoms with E-state index in [0.29, 0.717) is 18.7 Å². The molecule has 0 bridgehead atoms. The molecule has 1 aromatic carbocycles. The molecule has 19 heavy (non-hydrogen) atoms. The third-order valence-corrected chi connectivity index (χ3v) is 4.05. The molecular formula is C13H16NO3PS. The monoisotopic (exact) mass is 297 g/mol. The summed E-state index contributed by atoms with van der Waals surface area (Å²) in [5, 5.41) is 0. The van der Waals surface area contributed by atoms with Crippen LogP contribution in [0.25, 0.3) is 0 Å². The van der Waals surface area contributed by atoms with E-state index in [1.54, 1.807) is 18.9 Å². The van der Waals surface area contributed by atoms with E-state index in [1.807, 2.05) is 18.4 Å². The minimum atomic E-state index is -0.146. The molecule has 1 heterocycles. The van der Waals surface area contributed by atoms with Crippen molar-refractivity contribution in [1.29, 1.82) is 0 Å². The van der Waals surface area contributed by atoms with Crippen LogP contribution in [0.4, 0.5) is 0 Å². The zero-order valence-electron chi connectivity index (χ0n) is 10.9. The van der Waals surface area contributed by atoms with Crippen LogP contribution < -0.4 is 0 Å². The summed E-state index contributed by atoms with van der Waals surface area (Å²) in [5.74, 6) is 0.539. The average molecular weight is 297 g/mol. The summed E-state index contributed by atoms with van der Waals surface area (Å²) in [4.78, 5) is 5.64. The number of methoxy groups -OCH3 is 1. The lowest BCUT2D eigenvalue weighted by molar-refractivity contribution is 0.120. The standard InChI is InChI=1S/C13H16NO3PS/c1-16-7-11-13(17-12(14-11)8-18-15)9-3-5-10(19-2)6-4-9/h3-6,11,13H,7-8H2,1-2H3/t11-,13-/m0/s1. The molecule has 0 saturated heterocycles. The molecule has 2 atom stereocenters. The summed E-state index contributed by atoms with van der Waals surface area (Å²) in [6, 6.07) is 8.16. The van der Waals surface area contributed by atoms with Crippen molar-refractivity contribution >= 4 is 26.1 Å². The first-order valence-corrected chi connectivity index (χ1v) is 8.16. The maximum atomic E-state index is 10.7. The highest BCUT2D eigenvalue weighted by Gasteiger charge is 2.32. The number of hydrogen-bond donors (Lipinski definition) is 0. The molecule has 0 aromatic heterocycles. The van der Waals surface area contributed by atoms with Gasteiger partial charge in [0.05, 0.1) is 6.61 Å². The molecule has 0 saturated carbocycles. The quantitative estimate of drug-likeness (QED) is 0.597. The van der Waals surface area contributed by atoms with E-state index in [4.69, 9.17) is 9.47 Å². The minimum absolute atomic E-state index is 0.0256. The molecule has 0 N–H and O–H groups in total. The second-order valence-electron chi connectivity index (χ2n) is 4.14. The summed E-state index contributed by atoms with van der Waals surface area (Å²) in [6.45, 7) is 0.494. The first kappa shape index (κ1) is 14.5. The predicted octanol–water partition coefficient (Wildman–Crippen LogP) is 3.19. The Kier molecular flexibility index (Phi) is 5.37. The normalized spacial score (nSPS) is 22.3. The summed E-state index contributed by atoms with van der Waals surface area (Å²) >= 11 is 1.70. The van der Waals surface area contributed by atoms with Gasteiger partial charge in [-0.3, -0.25) is 4.57 Å². The number of nitrogens with zero attached hydrogens (tertiary/aromatic N) is 1. The van der Waals surface area contributed by atoms with Crippen LogP contribution >= 0.6 is 20.2 Å². The molecule has 1 aromatic rings. The molecule has 0 spiro atoms. The number of benzene rings is 1. The number of ether oxygens (including phenoxy) is 2. The van der Waals surface area contributed by atoms with Gasteiger partial charge in [0.2, 0.25) is 0 Å². The van der Waals surface area contributed by atoms with Crippen LogP contribution in [0.2, 0.25) is 0 Å². The van der Waals surface area contributed by atoms with Gasteiger partial charge in [0.25, 0.3) is 0 Å². The fourth-order valence-corrected chi connectivity index (χ4v) is 2.70. The van der Waals surface area contributed by atoms with Gasteiger partial charge in [-0.25, -0.2) is 4.99 Å². The van der Waals surface area contributed by atoms with Gasteiger partial charge >= 0.3 is 0 Å². The topological polar surface area (TPSA) is 47.9 Å². The molecular weight excluding hydrogens is 281 g/mol. The van der Waals surface area contributed by atoms with E-state index in [9.17, 15) is 4.57 Å². The van der Waals surface area contributed by atoms with Gasteiger partial charge < -0.3 is 9.47 Å². The Morgan fingerprint density at radius 3 is 2.74 bits per heavy atom. The van der Waals surface area contributed by atoms with Crippen LogP contribution in [0, 0.1) is 0 Å². The Morgan fingerprint density at radius 1 is 1.42 bits per heavy atom. The van der Waals surface area contributed by atoms with Gasteiger partial charge in [-0.1, -0.05) is 12.1 Å². The third kappa shape index (κ3) is 3.56. The summed E-state index contributed by atoms with van der Waals surface area (Å²) in [5.41, 5.74) is 1.07. The van der Waals surface area contributed by atoms with Crippen molar-refractivity contribution in [2.45, 2.75) is 17.0 Å². The molecule has 2 rings (SSSR count). The van der Waals surface area contributed by atoms with Gasteiger partial charge in [0, 0.05) is 12.0 Å². The van der Waals surface area contributed by atoms with E-state index in [0.717, 1.165) is 5.56 Å². The highest BCUT2D eigenvalue weighted by Crippen LogP contribution is 2.31. The lowest BCUT2D eigenvalue weighted by Gasteiger charge is -2.17. The van der Waals surface area contributed by atoms with E-state index in [2.05, 4.69) is 17.1 Å². The Balaban J connectivity index is 2.15.